The van der Waals surface area contributed by atoms with Gasteiger partial charge in [0.1, 0.15) is 5.82 Å². The number of benzene rings is 2. The van der Waals surface area contributed by atoms with Crippen molar-refractivity contribution < 1.29 is 21.6 Å². The molecule has 2 aromatic carbocycles. The molecule has 0 bridgehead atoms. The van der Waals surface area contributed by atoms with Gasteiger partial charge in [0.05, 0.1) is 27.4 Å². The van der Waals surface area contributed by atoms with E-state index in [0.717, 1.165) is 24.3 Å². The summed E-state index contributed by atoms with van der Waals surface area (Å²) in [6.07, 6.45) is -4.53. The second-order valence-corrected chi connectivity index (χ2v) is 9.54. The van der Waals surface area contributed by atoms with Gasteiger partial charge in [-0.15, -0.1) is 0 Å². The molecule has 1 atom stereocenters. The summed E-state index contributed by atoms with van der Waals surface area (Å²) in [6, 6.07) is 10.3. The van der Waals surface area contributed by atoms with Crippen LogP contribution in [0.15, 0.2) is 58.2 Å². The van der Waals surface area contributed by atoms with Crippen molar-refractivity contribution in [3.8, 4) is 0 Å². The van der Waals surface area contributed by atoms with Crippen molar-refractivity contribution in [1.29, 1.82) is 0 Å². The third kappa shape index (κ3) is 4.27. The van der Waals surface area contributed by atoms with E-state index in [2.05, 4.69) is 9.97 Å². The van der Waals surface area contributed by atoms with Crippen molar-refractivity contribution in [3.05, 3.63) is 70.3 Å². The van der Waals surface area contributed by atoms with Crippen molar-refractivity contribution in [2.45, 2.75) is 24.0 Å². The number of para-hydroxylation sites is 1. The molecule has 1 aliphatic heterocycles. The van der Waals surface area contributed by atoms with Gasteiger partial charge in [-0.1, -0.05) is 12.1 Å². The summed E-state index contributed by atoms with van der Waals surface area (Å²) >= 11 is 0. The Bertz CT molecular complexity index is 1280. The van der Waals surface area contributed by atoms with Crippen LogP contribution in [0, 0.1) is 0 Å². The van der Waals surface area contributed by atoms with Gasteiger partial charge in [0.2, 0.25) is 10.0 Å². The highest BCUT2D eigenvalue weighted by atomic mass is 32.2. The molecular weight excluding hydrogens is 445 g/mol. The Morgan fingerprint density at radius 1 is 1.00 bits per heavy atom. The third-order valence-electron chi connectivity index (χ3n) is 5.67. The summed E-state index contributed by atoms with van der Waals surface area (Å²) in [7, 11) is -3.91. The lowest BCUT2D eigenvalue weighted by Crippen LogP contribution is -2.49. The van der Waals surface area contributed by atoms with Crippen LogP contribution in [-0.2, 0) is 16.2 Å². The molecule has 32 heavy (non-hydrogen) atoms. The highest BCUT2D eigenvalue weighted by Crippen LogP contribution is 2.30. The van der Waals surface area contributed by atoms with Crippen LogP contribution in [0.4, 0.5) is 13.2 Å². The minimum atomic E-state index is -4.53. The Hall–Kier alpha value is -2.76. The maximum absolute atomic E-state index is 12.9. The fourth-order valence-electron chi connectivity index (χ4n) is 3.77. The van der Waals surface area contributed by atoms with Crippen LogP contribution >= 0.6 is 0 Å². The molecule has 0 radical (unpaired) electrons. The summed E-state index contributed by atoms with van der Waals surface area (Å²) in [5, 5.41) is 0.496. The molecule has 0 saturated carbocycles. The summed E-state index contributed by atoms with van der Waals surface area (Å²) in [5.41, 5.74) is -0.547. The zero-order valence-electron chi connectivity index (χ0n) is 17.1. The summed E-state index contributed by atoms with van der Waals surface area (Å²) in [6.45, 7) is 3.00. The molecule has 1 aromatic heterocycles. The van der Waals surface area contributed by atoms with Crippen LogP contribution in [0.25, 0.3) is 10.9 Å². The minimum absolute atomic E-state index is 0.172. The van der Waals surface area contributed by atoms with Crippen molar-refractivity contribution in [2.24, 2.45) is 0 Å². The van der Waals surface area contributed by atoms with Crippen molar-refractivity contribution in [1.82, 2.24) is 19.2 Å². The Kier molecular flexibility index (Phi) is 5.82. The number of sulfonamides is 1. The molecule has 0 amide bonds. The lowest BCUT2D eigenvalue weighted by molar-refractivity contribution is -0.137. The van der Waals surface area contributed by atoms with Gasteiger partial charge in [-0.25, -0.2) is 13.4 Å². The molecule has 1 unspecified atom stereocenters. The first-order valence-electron chi connectivity index (χ1n) is 9.98. The molecular formula is C21H21F3N4O3S. The van der Waals surface area contributed by atoms with Gasteiger partial charge >= 0.3 is 6.18 Å². The van der Waals surface area contributed by atoms with E-state index in [0.29, 0.717) is 29.8 Å². The first-order chi connectivity index (χ1) is 15.1. The van der Waals surface area contributed by atoms with Crippen molar-refractivity contribution in [2.75, 3.05) is 26.2 Å². The van der Waals surface area contributed by atoms with E-state index >= 15 is 0 Å². The van der Waals surface area contributed by atoms with Crippen molar-refractivity contribution in [3.63, 3.8) is 0 Å². The smallest absolute Gasteiger partial charge is 0.309 e. The predicted octanol–water partition coefficient (Wildman–Crippen LogP) is 3.01. The van der Waals surface area contributed by atoms with Gasteiger partial charge < -0.3 is 4.98 Å². The topological polar surface area (TPSA) is 86.4 Å². The molecule has 0 spiro atoms. The fourth-order valence-corrected chi connectivity index (χ4v) is 5.19. The molecule has 0 aliphatic carbocycles. The van der Waals surface area contributed by atoms with Gasteiger partial charge in [-0.05, 0) is 43.3 Å². The van der Waals surface area contributed by atoms with E-state index in [-0.39, 0.29) is 29.6 Å². The number of halogens is 3. The second-order valence-electron chi connectivity index (χ2n) is 7.61. The number of aromatic nitrogens is 2. The van der Waals surface area contributed by atoms with Crippen LogP contribution in [-0.4, -0.2) is 53.8 Å². The van der Waals surface area contributed by atoms with Crippen LogP contribution in [0.5, 0.6) is 0 Å². The van der Waals surface area contributed by atoms with Gasteiger partial charge in [-0.3, -0.25) is 9.69 Å². The van der Waals surface area contributed by atoms with Crippen LogP contribution < -0.4 is 5.56 Å². The van der Waals surface area contributed by atoms with Gasteiger partial charge in [0.15, 0.2) is 0 Å². The highest BCUT2D eigenvalue weighted by molar-refractivity contribution is 7.89. The lowest BCUT2D eigenvalue weighted by atomic mass is 10.2. The first-order valence-corrected chi connectivity index (χ1v) is 11.4. The third-order valence-corrected chi connectivity index (χ3v) is 7.58. The van der Waals surface area contributed by atoms with E-state index in [4.69, 9.17) is 0 Å². The number of aromatic amines is 1. The highest BCUT2D eigenvalue weighted by Gasteiger charge is 2.33. The number of hydrogen-bond donors (Lipinski definition) is 1. The number of H-pyrrole nitrogens is 1. The largest absolute Gasteiger partial charge is 0.416 e. The average Bonchev–Trinajstić information content (AvgIpc) is 2.78. The van der Waals surface area contributed by atoms with Crippen LogP contribution in [0.2, 0.25) is 0 Å². The Labute approximate surface area is 182 Å². The zero-order valence-corrected chi connectivity index (χ0v) is 17.9. The molecule has 2 heterocycles. The number of fused-ring (bicyclic) bond motifs is 1. The van der Waals surface area contributed by atoms with Crippen LogP contribution in [0.3, 0.4) is 0 Å². The first kappa shape index (κ1) is 22.4. The maximum Gasteiger partial charge on any atom is 0.416 e. The quantitative estimate of drug-likeness (QED) is 0.639. The van der Waals surface area contributed by atoms with Crippen LogP contribution in [0.1, 0.15) is 24.4 Å². The molecule has 1 N–H and O–H groups in total. The molecule has 170 valence electrons. The fraction of sp³-hybridized carbons (Fsp3) is 0.333. The standard InChI is InChI=1S/C21H21F3N4O3S/c1-14(19-25-18-5-3-2-4-17(18)20(29)26-19)27-10-12-28(13-11-27)32(30,31)16-8-6-15(7-9-16)21(22,23)24/h2-9,14H,10-13H2,1H3,(H,25,26,29). The summed E-state index contributed by atoms with van der Waals surface area (Å²) < 4.78 is 65.2. The SMILES string of the molecule is CC(c1nc2ccccc2c(=O)[nH]1)N1CCN(S(=O)(=O)c2ccc(C(F)(F)F)cc2)CC1. The molecule has 4 rings (SSSR count). The molecule has 7 nitrogen and oxygen atoms in total. The predicted molar refractivity (Wildman–Crippen MR) is 113 cm³/mol. The summed E-state index contributed by atoms with van der Waals surface area (Å²) in [5.74, 6) is 0.493. The molecule has 1 fully saturated rings. The van der Waals surface area contributed by atoms with E-state index < -0.39 is 21.8 Å². The zero-order chi connectivity index (χ0) is 23.1. The van der Waals surface area contributed by atoms with E-state index in [9.17, 15) is 26.4 Å². The second kappa shape index (κ2) is 8.30. The van der Waals surface area contributed by atoms with E-state index in [1.54, 1.807) is 24.3 Å². The number of piperazine rings is 1. The maximum atomic E-state index is 12.9. The Balaban J connectivity index is 1.47. The normalized spacial score (nSPS) is 17.5. The Morgan fingerprint density at radius 3 is 2.25 bits per heavy atom. The minimum Gasteiger partial charge on any atom is -0.309 e. The number of nitrogens with one attached hydrogen (secondary N) is 1. The number of hydrogen-bond acceptors (Lipinski definition) is 5. The molecule has 11 heteroatoms. The van der Waals surface area contributed by atoms with E-state index in [1.165, 1.54) is 4.31 Å². The van der Waals surface area contributed by atoms with Gasteiger partial charge in [-0.2, -0.15) is 17.5 Å². The molecule has 1 saturated heterocycles. The lowest BCUT2D eigenvalue weighted by Gasteiger charge is -2.37. The average molecular weight is 466 g/mol. The number of nitrogens with zero attached hydrogens (tertiary/aromatic N) is 3. The Morgan fingerprint density at radius 2 is 1.62 bits per heavy atom. The molecule has 3 aromatic rings. The summed E-state index contributed by atoms with van der Waals surface area (Å²) in [4.78, 5) is 21.5. The van der Waals surface area contributed by atoms with Crippen molar-refractivity contribution >= 4 is 20.9 Å². The number of alkyl halides is 3. The van der Waals surface area contributed by atoms with E-state index in [1.807, 2.05) is 11.8 Å². The van der Waals surface area contributed by atoms with Gasteiger partial charge in [0.25, 0.3) is 5.56 Å². The van der Waals surface area contributed by atoms with Gasteiger partial charge in [0, 0.05) is 26.2 Å². The monoisotopic (exact) mass is 466 g/mol. The molecule has 1 aliphatic rings. The number of rotatable bonds is 4.